The van der Waals surface area contributed by atoms with Crippen molar-refractivity contribution in [2.75, 3.05) is 7.05 Å². The Kier molecular flexibility index (Phi) is 3.80. The van der Waals surface area contributed by atoms with E-state index in [1.54, 1.807) is 30.4 Å². The zero-order valence-electron chi connectivity index (χ0n) is 12.7. The number of nitrogens with zero attached hydrogens (tertiary/aromatic N) is 4. The SMILES string of the molecule is C[N+]1=C2C=CC=CC=C2SC12C([N+](=O)[O-])=CC(=[N+]([O-])O)C=C2[N+](=O)[O-]. The highest BCUT2D eigenvalue weighted by Crippen LogP contribution is 2.51. The molecule has 0 aromatic carbocycles. The van der Waals surface area contributed by atoms with Crippen LogP contribution in [-0.4, -0.2) is 47.9 Å². The minimum atomic E-state index is -1.76. The Morgan fingerprint density at radius 3 is 2.20 bits per heavy atom. The van der Waals surface area contributed by atoms with Crippen LogP contribution in [0.3, 0.4) is 0 Å². The van der Waals surface area contributed by atoms with Gasteiger partial charge < -0.3 is 5.21 Å². The maximum Gasteiger partial charge on any atom is 0.393 e. The molecule has 0 unspecified atom stereocenters. The molecule has 11 heteroatoms. The third-order valence-corrected chi connectivity index (χ3v) is 5.50. The quantitative estimate of drug-likeness (QED) is 0.256. The van der Waals surface area contributed by atoms with Crippen LogP contribution in [0.1, 0.15) is 0 Å². The van der Waals surface area contributed by atoms with E-state index >= 15 is 0 Å². The third kappa shape index (κ3) is 2.36. The van der Waals surface area contributed by atoms with Crippen LogP contribution in [0.25, 0.3) is 0 Å². The summed E-state index contributed by atoms with van der Waals surface area (Å²) in [4.78, 5) is 19.9. The fraction of sp³-hybridized carbons (Fsp3) is 0.143. The van der Waals surface area contributed by atoms with Crippen molar-refractivity contribution in [3.05, 3.63) is 84.3 Å². The molecule has 1 N–H and O–H groups in total. The second-order valence-electron chi connectivity index (χ2n) is 5.24. The van der Waals surface area contributed by atoms with E-state index in [1.807, 2.05) is 0 Å². The van der Waals surface area contributed by atoms with Crippen LogP contribution in [0, 0.1) is 25.4 Å². The zero-order chi connectivity index (χ0) is 18.4. The average molecular weight is 363 g/mol. The van der Waals surface area contributed by atoms with Crippen LogP contribution >= 0.6 is 11.8 Å². The summed E-state index contributed by atoms with van der Waals surface area (Å²) in [7, 11) is 1.51. The molecular weight excluding hydrogens is 352 g/mol. The maximum atomic E-state index is 11.6. The van der Waals surface area contributed by atoms with Crippen molar-refractivity contribution in [1.82, 2.24) is 0 Å². The molecule has 1 heterocycles. The Balaban J connectivity index is 2.35. The smallest absolute Gasteiger partial charge is 0.393 e. The lowest BCUT2D eigenvalue weighted by atomic mass is 10.00. The molecule has 0 fully saturated rings. The van der Waals surface area contributed by atoms with Gasteiger partial charge in [0, 0.05) is 11.0 Å². The van der Waals surface area contributed by atoms with Gasteiger partial charge >= 0.3 is 16.3 Å². The molecular formula is C14H11N4O6S+. The Labute approximate surface area is 144 Å². The summed E-state index contributed by atoms with van der Waals surface area (Å²) >= 11 is 0.938. The minimum Gasteiger partial charge on any atom is -0.417 e. The topological polar surface area (TPSA) is 136 Å². The van der Waals surface area contributed by atoms with Crippen LogP contribution in [0.2, 0.25) is 0 Å². The van der Waals surface area contributed by atoms with Crippen LogP contribution in [0.4, 0.5) is 0 Å². The van der Waals surface area contributed by atoms with Gasteiger partial charge in [-0.1, -0.05) is 18.2 Å². The Hall–Kier alpha value is -3.21. The Morgan fingerprint density at radius 1 is 1.08 bits per heavy atom. The largest absolute Gasteiger partial charge is 0.417 e. The van der Waals surface area contributed by atoms with Gasteiger partial charge in [-0.25, -0.2) is 0 Å². The Bertz CT molecular complexity index is 884. The Morgan fingerprint density at radius 2 is 1.68 bits per heavy atom. The van der Waals surface area contributed by atoms with Crippen molar-refractivity contribution in [2.24, 2.45) is 0 Å². The molecule has 0 amide bonds. The van der Waals surface area contributed by atoms with Crippen molar-refractivity contribution in [1.29, 1.82) is 0 Å². The molecule has 3 rings (SSSR count). The van der Waals surface area contributed by atoms with Crippen LogP contribution in [0.15, 0.2) is 58.8 Å². The lowest BCUT2D eigenvalue weighted by Crippen LogP contribution is -2.46. The highest BCUT2D eigenvalue weighted by Gasteiger charge is 2.69. The van der Waals surface area contributed by atoms with Crippen LogP contribution < -0.4 is 0 Å². The molecule has 0 radical (unpaired) electrons. The van der Waals surface area contributed by atoms with Crippen molar-refractivity contribution in [2.45, 2.75) is 4.87 Å². The van der Waals surface area contributed by atoms with E-state index < -0.39 is 36.7 Å². The molecule has 1 spiro atoms. The van der Waals surface area contributed by atoms with Gasteiger partial charge in [0.2, 0.25) is 5.71 Å². The molecule has 0 saturated heterocycles. The molecule has 2 aliphatic carbocycles. The third-order valence-electron chi connectivity index (χ3n) is 3.95. The highest BCUT2D eigenvalue weighted by atomic mass is 32.2. The maximum absolute atomic E-state index is 11.6. The van der Waals surface area contributed by atoms with Crippen molar-refractivity contribution < 1.29 is 24.5 Å². The number of fused-ring (bicyclic) bond motifs is 1. The normalized spacial score (nSPS) is 24.5. The molecule has 128 valence electrons. The van der Waals surface area contributed by atoms with E-state index in [9.17, 15) is 25.4 Å². The van der Waals surface area contributed by atoms with Crippen molar-refractivity contribution >= 4 is 23.2 Å². The zero-order valence-corrected chi connectivity index (χ0v) is 13.5. The van der Waals surface area contributed by atoms with Gasteiger partial charge in [-0.05, 0) is 17.8 Å². The van der Waals surface area contributed by atoms with Crippen LogP contribution in [0.5, 0.6) is 0 Å². The van der Waals surface area contributed by atoms with Gasteiger partial charge in [0.1, 0.15) is 7.05 Å². The number of thioether (sulfide) groups is 1. The first-order valence-electron chi connectivity index (χ1n) is 6.90. The predicted molar refractivity (Wildman–Crippen MR) is 88.5 cm³/mol. The molecule has 10 nitrogen and oxygen atoms in total. The minimum absolute atomic E-state index is 0.571. The van der Waals surface area contributed by atoms with Crippen molar-refractivity contribution in [3.63, 3.8) is 0 Å². The van der Waals surface area contributed by atoms with E-state index in [1.165, 1.54) is 11.6 Å². The highest BCUT2D eigenvalue weighted by molar-refractivity contribution is 8.05. The fourth-order valence-corrected chi connectivity index (χ4v) is 4.33. The first kappa shape index (κ1) is 16.6. The summed E-state index contributed by atoms with van der Waals surface area (Å²) in [5.74, 6) is 0. The fourth-order valence-electron chi connectivity index (χ4n) is 2.84. The molecule has 0 aromatic heterocycles. The first-order chi connectivity index (χ1) is 11.8. The molecule has 0 atom stereocenters. The summed E-state index contributed by atoms with van der Waals surface area (Å²) in [6, 6.07) is 0. The summed E-state index contributed by atoms with van der Waals surface area (Å²) in [5.41, 5.74) is -1.18. The molecule has 0 saturated carbocycles. The summed E-state index contributed by atoms with van der Waals surface area (Å²) in [6.07, 6.45) is 10.3. The van der Waals surface area contributed by atoms with Gasteiger partial charge in [0.05, 0.1) is 26.9 Å². The molecule has 25 heavy (non-hydrogen) atoms. The summed E-state index contributed by atoms with van der Waals surface area (Å²) in [5, 5.41) is 43.5. The van der Waals surface area contributed by atoms with E-state index in [2.05, 4.69) is 0 Å². The first-order valence-corrected chi connectivity index (χ1v) is 7.72. The van der Waals surface area contributed by atoms with E-state index in [4.69, 9.17) is 5.21 Å². The lowest BCUT2D eigenvalue weighted by Gasteiger charge is -2.20. The molecule has 0 aromatic rings. The van der Waals surface area contributed by atoms with Gasteiger partial charge in [0.15, 0.2) is 0 Å². The van der Waals surface area contributed by atoms with Gasteiger partial charge in [0.25, 0.3) is 5.71 Å². The summed E-state index contributed by atoms with van der Waals surface area (Å²) in [6.45, 7) is 0. The standard InChI is InChI=1S/C14H11N4O6S/c1-15-10-5-3-2-4-6-11(10)25-14(15)12(17(21)22)7-9(16(19)20)8-13(14)18(23)24/h2-8H,1H3,(H,19,20)/q+1. The number of hydrogen-bond donors (Lipinski definition) is 1. The van der Waals surface area contributed by atoms with Gasteiger partial charge in [-0.15, -0.1) is 0 Å². The van der Waals surface area contributed by atoms with Crippen molar-refractivity contribution in [3.8, 4) is 0 Å². The number of hydrogen-bond acceptors (Lipinski definition) is 7. The molecule has 3 aliphatic rings. The molecule has 0 bridgehead atoms. The van der Waals surface area contributed by atoms with Gasteiger partial charge in [-0.3, -0.25) is 25.4 Å². The average Bonchev–Trinajstić information content (AvgIpc) is 2.71. The number of nitro groups is 2. The number of likely N-dealkylation sites (N-methyl/N-ethyl adjacent to an activating group) is 1. The number of allylic oxidation sites excluding steroid dienone is 8. The summed E-state index contributed by atoms with van der Waals surface area (Å²) < 4.78 is 1.43. The predicted octanol–water partition coefficient (Wildman–Crippen LogP) is 1.20. The number of rotatable bonds is 2. The second-order valence-corrected chi connectivity index (χ2v) is 6.47. The van der Waals surface area contributed by atoms with Crippen LogP contribution in [-0.2, 0) is 0 Å². The lowest BCUT2D eigenvalue weighted by molar-refractivity contribution is -0.725. The van der Waals surface area contributed by atoms with E-state index in [-0.39, 0.29) is 0 Å². The van der Waals surface area contributed by atoms with E-state index in [0.717, 1.165) is 23.9 Å². The van der Waals surface area contributed by atoms with E-state index in [0.29, 0.717) is 10.6 Å². The second kappa shape index (κ2) is 5.70. The van der Waals surface area contributed by atoms with Gasteiger partial charge in [-0.2, -0.15) is 4.58 Å². The monoisotopic (exact) mass is 363 g/mol. The molecule has 1 aliphatic heterocycles.